The van der Waals surface area contributed by atoms with Crippen LogP contribution >= 0.6 is 35.3 Å². The van der Waals surface area contributed by atoms with Gasteiger partial charge in [0.15, 0.2) is 0 Å². The first-order valence-electron chi connectivity index (χ1n) is 7.25. The van der Waals surface area contributed by atoms with E-state index >= 15 is 0 Å². The Labute approximate surface area is 159 Å². The number of aromatic nitrogens is 2. The lowest BCUT2D eigenvalue weighted by atomic mass is 10.1. The molecule has 0 spiro atoms. The zero-order valence-corrected chi connectivity index (χ0v) is 15.2. The number of benzene rings is 2. The van der Waals surface area contributed by atoms with Crippen LogP contribution in [-0.2, 0) is 0 Å². The van der Waals surface area contributed by atoms with Crippen molar-refractivity contribution in [2.24, 2.45) is 0 Å². The first-order valence-corrected chi connectivity index (χ1v) is 8.51. The first-order chi connectivity index (χ1) is 11.7. The van der Waals surface area contributed by atoms with Gasteiger partial charge in [0.25, 0.3) is 0 Å². The number of phenols is 1. The summed E-state index contributed by atoms with van der Waals surface area (Å²) in [6.45, 7) is 0. The lowest BCUT2D eigenvalue weighted by Gasteiger charge is -2.08. The molecule has 25 heavy (non-hydrogen) atoms. The highest BCUT2D eigenvalue weighted by atomic mass is 35.5. The van der Waals surface area contributed by atoms with Crippen molar-refractivity contribution in [2.45, 2.75) is 0 Å². The Morgan fingerprint density at radius 1 is 0.960 bits per heavy atom. The van der Waals surface area contributed by atoms with E-state index in [0.29, 0.717) is 5.02 Å². The number of phenolic OH excluding ortho intramolecular Hbond substituents is 1. The maximum atomic E-state index is 9.41. The molecular weight excluding hydrogens is 377 g/mol. The van der Waals surface area contributed by atoms with Gasteiger partial charge >= 0.3 is 0 Å². The summed E-state index contributed by atoms with van der Waals surface area (Å²) in [5, 5.41) is 16.5. The number of rotatable bonds is 3. The molecule has 0 saturated carbocycles. The van der Waals surface area contributed by atoms with Gasteiger partial charge in [-0.05, 0) is 42.0 Å². The molecule has 0 fully saturated rings. The minimum atomic E-state index is 0. The summed E-state index contributed by atoms with van der Waals surface area (Å²) < 4.78 is 0. The van der Waals surface area contributed by atoms with Crippen LogP contribution in [0.4, 0.5) is 11.5 Å². The van der Waals surface area contributed by atoms with E-state index in [2.05, 4.69) is 20.7 Å². The summed E-state index contributed by atoms with van der Waals surface area (Å²) in [5.41, 5.74) is 2.98. The molecule has 2 aromatic heterocycles. The zero-order valence-electron chi connectivity index (χ0n) is 12.8. The van der Waals surface area contributed by atoms with E-state index in [1.165, 1.54) is 0 Å². The van der Waals surface area contributed by atoms with Gasteiger partial charge in [-0.15, -0.1) is 23.7 Å². The Bertz CT molecular complexity index is 1000. The maximum Gasteiger partial charge on any atom is 0.143 e. The van der Waals surface area contributed by atoms with Gasteiger partial charge < -0.3 is 10.4 Å². The van der Waals surface area contributed by atoms with Gasteiger partial charge in [0.1, 0.15) is 22.7 Å². The van der Waals surface area contributed by atoms with Gasteiger partial charge in [0.05, 0.1) is 5.39 Å². The van der Waals surface area contributed by atoms with Crippen molar-refractivity contribution < 1.29 is 5.11 Å². The van der Waals surface area contributed by atoms with Crippen molar-refractivity contribution in [3.05, 3.63) is 65.3 Å². The largest absolute Gasteiger partial charge is 0.508 e. The average Bonchev–Trinajstić information content (AvgIpc) is 3.03. The molecule has 7 heteroatoms. The topological polar surface area (TPSA) is 58.0 Å². The quantitative estimate of drug-likeness (QED) is 0.429. The van der Waals surface area contributed by atoms with Crippen molar-refractivity contribution in [1.82, 2.24) is 9.97 Å². The minimum Gasteiger partial charge on any atom is -0.508 e. The van der Waals surface area contributed by atoms with E-state index in [-0.39, 0.29) is 18.2 Å². The number of nitrogens with one attached hydrogen (secondary N) is 1. The number of nitrogens with zero attached hydrogens (tertiary/aromatic N) is 2. The van der Waals surface area contributed by atoms with Crippen LogP contribution in [0.2, 0.25) is 5.02 Å². The maximum absolute atomic E-state index is 9.41. The van der Waals surface area contributed by atoms with E-state index in [9.17, 15) is 5.11 Å². The first kappa shape index (κ1) is 17.5. The molecule has 0 aliphatic heterocycles. The van der Waals surface area contributed by atoms with E-state index < -0.39 is 0 Å². The third kappa shape index (κ3) is 3.54. The normalized spacial score (nSPS) is 10.4. The molecule has 4 aromatic rings. The summed E-state index contributed by atoms with van der Waals surface area (Å²) in [6.07, 6.45) is 1.55. The molecule has 0 bridgehead atoms. The number of anilines is 2. The summed E-state index contributed by atoms with van der Waals surface area (Å²) in [5.74, 6) is 0.961. The molecule has 0 aliphatic carbocycles. The predicted octanol–water partition coefficient (Wildman–Crippen LogP) is 5.88. The molecule has 126 valence electrons. The van der Waals surface area contributed by atoms with Gasteiger partial charge in [-0.2, -0.15) is 0 Å². The van der Waals surface area contributed by atoms with E-state index in [4.69, 9.17) is 11.6 Å². The van der Waals surface area contributed by atoms with Crippen LogP contribution in [0.15, 0.2) is 60.2 Å². The monoisotopic (exact) mass is 389 g/mol. The van der Waals surface area contributed by atoms with Crippen molar-refractivity contribution in [1.29, 1.82) is 0 Å². The second kappa shape index (κ2) is 7.27. The number of aromatic hydroxyl groups is 1. The predicted molar refractivity (Wildman–Crippen MR) is 106 cm³/mol. The molecule has 0 atom stereocenters. The second-order valence-corrected chi connectivity index (χ2v) is 6.53. The lowest BCUT2D eigenvalue weighted by molar-refractivity contribution is 0.475. The zero-order chi connectivity index (χ0) is 16.5. The van der Waals surface area contributed by atoms with Gasteiger partial charge in [0, 0.05) is 21.7 Å². The molecule has 0 saturated heterocycles. The molecule has 0 amide bonds. The molecule has 2 heterocycles. The fourth-order valence-corrected chi connectivity index (χ4v) is 3.54. The second-order valence-electron chi connectivity index (χ2n) is 5.23. The van der Waals surface area contributed by atoms with Gasteiger partial charge in [-0.3, -0.25) is 0 Å². The number of halogens is 2. The average molecular weight is 390 g/mol. The Kier molecular flexibility index (Phi) is 5.08. The summed E-state index contributed by atoms with van der Waals surface area (Å²) in [4.78, 5) is 9.67. The van der Waals surface area contributed by atoms with Crippen LogP contribution in [0.3, 0.4) is 0 Å². The van der Waals surface area contributed by atoms with Crippen molar-refractivity contribution in [3.63, 3.8) is 0 Å². The third-order valence-corrected chi connectivity index (χ3v) is 4.79. The molecule has 0 aliphatic rings. The number of hydrogen-bond donors (Lipinski definition) is 2. The summed E-state index contributed by atoms with van der Waals surface area (Å²) >= 11 is 7.56. The lowest BCUT2D eigenvalue weighted by Crippen LogP contribution is -1.95. The fourth-order valence-electron chi connectivity index (χ4n) is 2.49. The van der Waals surface area contributed by atoms with Crippen LogP contribution in [0, 0.1) is 0 Å². The van der Waals surface area contributed by atoms with Crippen molar-refractivity contribution in [2.75, 3.05) is 5.32 Å². The Balaban J connectivity index is 0.00000182. The highest BCUT2D eigenvalue weighted by molar-refractivity contribution is 7.17. The summed E-state index contributed by atoms with van der Waals surface area (Å²) in [6, 6.07) is 14.6. The van der Waals surface area contributed by atoms with Crippen molar-refractivity contribution >= 4 is 57.1 Å². The molecule has 0 unspecified atom stereocenters. The smallest absolute Gasteiger partial charge is 0.143 e. The Hall–Kier alpha value is -2.34. The SMILES string of the molecule is Cl.Oc1ccc(Nc2ncnc3scc(-c4ccc(Cl)cc4)c23)cc1. The Morgan fingerprint density at radius 2 is 1.68 bits per heavy atom. The van der Waals surface area contributed by atoms with Crippen LogP contribution in [-0.4, -0.2) is 15.1 Å². The minimum absolute atomic E-state index is 0. The highest BCUT2D eigenvalue weighted by Crippen LogP contribution is 2.37. The van der Waals surface area contributed by atoms with Gasteiger partial charge in [-0.25, -0.2) is 9.97 Å². The fraction of sp³-hybridized carbons (Fsp3) is 0. The van der Waals surface area contributed by atoms with Crippen LogP contribution in [0.25, 0.3) is 21.3 Å². The number of hydrogen-bond acceptors (Lipinski definition) is 5. The molecule has 2 aromatic carbocycles. The van der Waals surface area contributed by atoms with E-state index in [0.717, 1.165) is 32.8 Å². The summed E-state index contributed by atoms with van der Waals surface area (Å²) in [7, 11) is 0. The highest BCUT2D eigenvalue weighted by Gasteiger charge is 2.13. The van der Waals surface area contributed by atoms with Crippen LogP contribution in [0.1, 0.15) is 0 Å². The van der Waals surface area contributed by atoms with Crippen LogP contribution < -0.4 is 5.32 Å². The Morgan fingerprint density at radius 3 is 2.40 bits per heavy atom. The van der Waals surface area contributed by atoms with Crippen LogP contribution in [0.5, 0.6) is 5.75 Å². The molecule has 2 N–H and O–H groups in total. The molecule has 4 nitrogen and oxygen atoms in total. The number of fused-ring (bicyclic) bond motifs is 1. The number of thiophene rings is 1. The van der Waals surface area contributed by atoms with Crippen molar-refractivity contribution in [3.8, 4) is 16.9 Å². The van der Waals surface area contributed by atoms with Gasteiger partial charge in [-0.1, -0.05) is 23.7 Å². The van der Waals surface area contributed by atoms with E-state index in [1.807, 2.05) is 24.3 Å². The molecular formula is C18H13Cl2N3OS. The van der Waals surface area contributed by atoms with Gasteiger partial charge in [0.2, 0.25) is 0 Å². The third-order valence-electron chi connectivity index (χ3n) is 3.66. The molecule has 4 rings (SSSR count). The molecule has 0 radical (unpaired) electrons. The standard InChI is InChI=1S/C18H12ClN3OS.ClH/c19-12-3-1-11(2-4-12)15-9-24-18-16(15)17(20-10-21-18)22-13-5-7-14(23)8-6-13;/h1-10,23H,(H,20,21,22);1H. The van der Waals surface area contributed by atoms with E-state index in [1.54, 1.807) is 41.9 Å².